The number of rotatable bonds is 7. The molecule has 1 saturated carbocycles. The zero-order valence-corrected chi connectivity index (χ0v) is 14.8. The molecule has 1 aliphatic carbocycles. The van der Waals surface area contributed by atoms with E-state index in [-0.39, 0.29) is 17.0 Å². The standard InChI is InChI=1S/C14H25N5O.BrH/c1-15-13(17-10-12-16-7-8-19(12)2)18-11-14(4-5-14)6-9-20-3;/h7-8H,4-6,9-11H2,1-3H3,(H2,15,17,18);1H. The molecule has 0 spiro atoms. The van der Waals surface area contributed by atoms with E-state index in [2.05, 4.69) is 20.6 Å². The summed E-state index contributed by atoms with van der Waals surface area (Å²) in [5.41, 5.74) is 0.414. The Balaban J connectivity index is 0.00000220. The quantitative estimate of drug-likeness (QED) is 0.571. The van der Waals surface area contributed by atoms with Gasteiger partial charge in [0.25, 0.3) is 0 Å². The van der Waals surface area contributed by atoms with Crippen molar-refractivity contribution < 1.29 is 4.74 Å². The van der Waals surface area contributed by atoms with Crippen molar-refractivity contribution in [3.8, 4) is 0 Å². The molecular weight excluding hydrogens is 334 g/mol. The van der Waals surface area contributed by atoms with Gasteiger partial charge < -0.3 is 19.9 Å². The summed E-state index contributed by atoms with van der Waals surface area (Å²) >= 11 is 0. The first kappa shape index (κ1) is 18.0. The average molecular weight is 360 g/mol. The van der Waals surface area contributed by atoms with Crippen molar-refractivity contribution in [1.29, 1.82) is 0 Å². The minimum Gasteiger partial charge on any atom is -0.385 e. The lowest BCUT2D eigenvalue weighted by Gasteiger charge is -2.18. The van der Waals surface area contributed by atoms with Gasteiger partial charge in [0.1, 0.15) is 5.82 Å². The molecule has 0 bridgehead atoms. The number of hydrogen-bond donors (Lipinski definition) is 2. The summed E-state index contributed by atoms with van der Waals surface area (Å²) in [4.78, 5) is 8.54. The Morgan fingerprint density at radius 3 is 2.76 bits per heavy atom. The van der Waals surface area contributed by atoms with E-state index in [1.165, 1.54) is 12.8 Å². The molecule has 21 heavy (non-hydrogen) atoms. The van der Waals surface area contributed by atoms with Crippen LogP contribution in [0.4, 0.5) is 0 Å². The summed E-state index contributed by atoms with van der Waals surface area (Å²) < 4.78 is 7.18. The molecule has 0 saturated heterocycles. The fourth-order valence-electron chi connectivity index (χ4n) is 2.23. The Labute approximate surface area is 137 Å². The van der Waals surface area contributed by atoms with Crippen molar-refractivity contribution in [1.82, 2.24) is 20.2 Å². The molecule has 0 unspecified atom stereocenters. The third kappa shape index (κ3) is 5.32. The van der Waals surface area contributed by atoms with Crippen LogP contribution in [0.15, 0.2) is 17.4 Å². The van der Waals surface area contributed by atoms with E-state index in [0.717, 1.165) is 31.4 Å². The molecule has 1 aromatic rings. The molecule has 0 atom stereocenters. The Hall–Kier alpha value is -1.08. The topological polar surface area (TPSA) is 63.5 Å². The second kappa shape index (κ2) is 8.38. The van der Waals surface area contributed by atoms with Crippen LogP contribution in [-0.2, 0) is 18.3 Å². The molecule has 1 heterocycles. The van der Waals surface area contributed by atoms with Crippen LogP contribution in [0.2, 0.25) is 0 Å². The van der Waals surface area contributed by atoms with E-state index in [1.807, 2.05) is 17.8 Å². The van der Waals surface area contributed by atoms with Crippen molar-refractivity contribution in [2.45, 2.75) is 25.8 Å². The van der Waals surface area contributed by atoms with Crippen molar-refractivity contribution in [3.05, 3.63) is 18.2 Å². The van der Waals surface area contributed by atoms with Crippen LogP contribution >= 0.6 is 17.0 Å². The lowest BCUT2D eigenvalue weighted by molar-refractivity contribution is 0.172. The number of aromatic nitrogens is 2. The number of hydrogen-bond acceptors (Lipinski definition) is 3. The van der Waals surface area contributed by atoms with Crippen LogP contribution < -0.4 is 10.6 Å². The van der Waals surface area contributed by atoms with Gasteiger partial charge in [-0.05, 0) is 24.7 Å². The third-order valence-electron chi connectivity index (χ3n) is 3.98. The van der Waals surface area contributed by atoms with Crippen LogP contribution in [0.1, 0.15) is 25.1 Å². The molecule has 0 aliphatic heterocycles. The molecule has 0 radical (unpaired) electrons. The number of halogens is 1. The first-order valence-electron chi connectivity index (χ1n) is 7.09. The summed E-state index contributed by atoms with van der Waals surface area (Å²) in [7, 11) is 5.55. The van der Waals surface area contributed by atoms with Gasteiger partial charge in [-0.15, -0.1) is 17.0 Å². The largest absolute Gasteiger partial charge is 0.385 e. The van der Waals surface area contributed by atoms with Gasteiger partial charge in [-0.2, -0.15) is 0 Å². The molecule has 0 amide bonds. The number of aliphatic imine (C=N–C) groups is 1. The molecular formula is C14H26BrN5O. The predicted octanol–water partition coefficient (Wildman–Crippen LogP) is 1.48. The molecule has 2 rings (SSSR count). The summed E-state index contributed by atoms with van der Waals surface area (Å²) in [5.74, 6) is 1.82. The molecule has 6 nitrogen and oxygen atoms in total. The summed E-state index contributed by atoms with van der Waals surface area (Å²) in [5, 5.41) is 6.70. The minimum absolute atomic E-state index is 0. The Kier molecular flexibility index (Phi) is 7.17. The highest BCUT2D eigenvalue weighted by Crippen LogP contribution is 2.48. The van der Waals surface area contributed by atoms with Gasteiger partial charge in [0.05, 0.1) is 6.54 Å². The number of nitrogens with one attached hydrogen (secondary N) is 2. The molecule has 7 heteroatoms. The Morgan fingerprint density at radius 1 is 1.48 bits per heavy atom. The summed E-state index contributed by atoms with van der Waals surface area (Å²) in [6.07, 6.45) is 7.42. The van der Waals surface area contributed by atoms with E-state index >= 15 is 0 Å². The van der Waals surface area contributed by atoms with Crippen LogP contribution in [0.5, 0.6) is 0 Å². The van der Waals surface area contributed by atoms with Gasteiger partial charge in [0, 0.05) is 46.8 Å². The van der Waals surface area contributed by atoms with Crippen LogP contribution in [0, 0.1) is 5.41 Å². The smallest absolute Gasteiger partial charge is 0.191 e. The SMILES string of the molecule is Br.CN=C(NCc1nccn1C)NCC1(CCOC)CC1. The average Bonchev–Trinajstić information content (AvgIpc) is 3.12. The monoisotopic (exact) mass is 359 g/mol. The highest BCUT2D eigenvalue weighted by Gasteiger charge is 2.41. The number of guanidine groups is 1. The van der Waals surface area contributed by atoms with E-state index < -0.39 is 0 Å². The maximum absolute atomic E-state index is 5.18. The van der Waals surface area contributed by atoms with E-state index in [9.17, 15) is 0 Å². The maximum atomic E-state index is 5.18. The number of methoxy groups -OCH3 is 1. The lowest BCUT2D eigenvalue weighted by Crippen LogP contribution is -2.40. The number of aryl methyl sites for hydroxylation is 1. The Bertz CT molecular complexity index is 456. The number of ether oxygens (including phenoxy) is 1. The van der Waals surface area contributed by atoms with Gasteiger partial charge in [-0.3, -0.25) is 4.99 Å². The van der Waals surface area contributed by atoms with Crippen LogP contribution in [-0.4, -0.2) is 42.8 Å². The Morgan fingerprint density at radius 2 is 2.24 bits per heavy atom. The highest BCUT2D eigenvalue weighted by atomic mass is 79.9. The third-order valence-corrected chi connectivity index (χ3v) is 3.98. The van der Waals surface area contributed by atoms with Gasteiger partial charge in [-0.1, -0.05) is 0 Å². The molecule has 1 aromatic heterocycles. The zero-order valence-electron chi connectivity index (χ0n) is 13.1. The van der Waals surface area contributed by atoms with E-state index in [1.54, 1.807) is 20.4 Å². The number of imidazole rings is 1. The number of nitrogens with zero attached hydrogens (tertiary/aromatic N) is 3. The first-order chi connectivity index (χ1) is 9.69. The van der Waals surface area contributed by atoms with Gasteiger partial charge in [0.2, 0.25) is 0 Å². The first-order valence-corrected chi connectivity index (χ1v) is 7.09. The van der Waals surface area contributed by atoms with Gasteiger partial charge >= 0.3 is 0 Å². The maximum Gasteiger partial charge on any atom is 0.191 e. The van der Waals surface area contributed by atoms with Crippen molar-refractivity contribution >= 4 is 22.9 Å². The van der Waals surface area contributed by atoms with Crippen molar-refractivity contribution in [3.63, 3.8) is 0 Å². The summed E-state index contributed by atoms with van der Waals surface area (Å²) in [6.45, 7) is 2.46. The molecule has 1 aliphatic rings. The van der Waals surface area contributed by atoms with E-state index in [4.69, 9.17) is 4.74 Å². The fraction of sp³-hybridized carbons (Fsp3) is 0.714. The van der Waals surface area contributed by atoms with Crippen molar-refractivity contribution in [2.24, 2.45) is 17.5 Å². The van der Waals surface area contributed by atoms with Gasteiger partial charge in [-0.25, -0.2) is 4.98 Å². The molecule has 120 valence electrons. The normalized spacial score (nSPS) is 16.2. The molecule has 2 N–H and O–H groups in total. The highest BCUT2D eigenvalue weighted by molar-refractivity contribution is 8.93. The second-order valence-corrected chi connectivity index (χ2v) is 5.48. The van der Waals surface area contributed by atoms with Gasteiger partial charge in [0.15, 0.2) is 5.96 Å². The molecule has 0 aromatic carbocycles. The second-order valence-electron chi connectivity index (χ2n) is 5.48. The zero-order chi connectivity index (χ0) is 14.4. The summed E-state index contributed by atoms with van der Waals surface area (Å²) in [6, 6.07) is 0. The lowest BCUT2D eigenvalue weighted by atomic mass is 10.0. The molecule has 1 fully saturated rings. The van der Waals surface area contributed by atoms with Crippen LogP contribution in [0.3, 0.4) is 0 Å². The minimum atomic E-state index is 0. The predicted molar refractivity (Wildman–Crippen MR) is 89.9 cm³/mol. The van der Waals surface area contributed by atoms with Crippen LogP contribution in [0.25, 0.3) is 0 Å². The van der Waals surface area contributed by atoms with Crippen molar-refractivity contribution in [2.75, 3.05) is 27.3 Å². The van der Waals surface area contributed by atoms with E-state index in [0.29, 0.717) is 12.0 Å². The fourth-order valence-corrected chi connectivity index (χ4v) is 2.23.